The molecule has 0 radical (unpaired) electrons. The summed E-state index contributed by atoms with van der Waals surface area (Å²) in [6, 6.07) is 18.6. The van der Waals surface area contributed by atoms with Crippen molar-refractivity contribution in [3.63, 3.8) is 0 Å². The Labute approximate surface area is 186 Å². The second kappa shape index (κ2) is 7.66. The highest BCUT2D eigenvalue weighted by Gasteiger charge is 2.11. The molecule has 0 aliphatic rings. The quantitative estimate of drug-likeness (QED) is 0.242. The molecule has 0 bridgehead atoms. The van der Waals surface area contributed by atoms with Crippen LogP contribution in [0.15, 0.2) is 69.6 Å². The number of halogens is 1. The molecule has 0 saturated carbocycles. The maximum Gasteiger partial charge on any atom is 0.203 e. The topological polar surface area (TPSA) is 55.1 Å². The molecular formula is C23H18BrN5S. The zero-order valence-corrected chi connectivity index (χ0v) is 18.8. The molecule has 0 saturated heterocycles. The molecular weight excluding hydrogens is 458 g/mol. The highest BCUT2D eigenvalue weighted by atomic mass is 79.9. The Hall–Kier alpha value is -3.03. The Bertz CT molecular complexity index is 1400. The van der Waals surface area contributed by atoms with E-state index in [9.17, 15) is 0 Å². The van der Waals surface area contributed by atoms with Gasteiger partial charge in [-0.1, -0.05) is 46.3 Å². The Balaban J connectivity index is 1.41. The van der Waals surface area contributed by atoms with E-state index in [4.69, 9.17) is 4.98 Å². The van der Waals surface area contributed by atoms with Gasteiger partial charge < -0.3 is 4.57 Å². The molecule has 1 N–H and O–H groups in total. The monoisotopic (exact) mass is 475 g/mol. The average Bonchev–Trinajstić information content (AvgIpc) is 3.33. The smallest absolute Gasteiger partial charge is 0.203 e. The van der Waals surface area contributed by atoms with Gasteiger partial charge in [0.25, 0.3) is 0 Å². The number of thiazole rings is 1. The molecule has 0 atom stereocenters. The molecule has 5 rings (SSSR count). The Morgan fingerprint density at radius 1 is 1.07 bits per heavy atom. The minimum absolute atomic E-state index is 0.743. The third-order valence-corrected chi connectivity index (χ3v) is 6.35. The van der Waals surface area contributed by atoms with Crippen LogP contribution in [0.2, 0.25) is 0 Å². The van der Waals surface area contributed by atoms with Gasteiger partial charge in [0.05, 0.1) is 28.8 Å². The van der Waals surface area contributed by atoms with E-state index in [0.29, 0.717) is 0 Å². The predicted molar refractivity (Wildman–Crippen MR) is 129 cm³/mol. The van der Waals surface area contributed by atoms with E-state index < -0.39 is 0 Å². The lowest BCUT2D eigenvalue weighted by molar-refractivity contribution is 0.996. The van der Waals surface area contributed by atoms with Crippen molar-refractivity contribution in [1.29, 1.82) is 0 Å². The summed E-state index contributed by atoms with van der Waals surface area (Å²) in [5, 5.41) is 9.54. The molecule has 148 valence electrons. The van der Waals surface area contributed by atoms with Crippen LogP contribution < -0.4 is 5.43 Å². The summed E-state index contributed by atoms with van der Waals surface area (Å²) < 4.78 is 3.25. The molecule has 30 heavy (non-hydrogen) atoms. The van der Waals surface area contributed by atoms with Gasteiger partial charge in [0, 0.05) is 38.8 Å². The van der Waals surface area contributed by atoms with Gasteiger partial charge in [-0.25, -0.2) is 9.97 Å². The van der Waals surface area contributed by atoms with Crippen molar-refractivity contribution < 1.29 is 0 Å². The van der Waals surface area contributed by atoms with Crippen LogP contribution in [0.4, 0.5) is 5.13 Å². The molecule has 0 amide bonds. The first-order valence-electron chi connectivity index (χ1n) is 9.45. The lowest BCUT2D eigenvalue weighted by atomic mass is 10.1. The Morgan fingerprint density at radius 2 is 1.87 bits per heavy atom. The van der Waals surface area contributed by atoms with E-state index in [2.05, 4.69) is 73.4 Å². The van der Waals surface area contributed by atoms with Crippen LogP contribution in [-0.4, -0.2) is 20.7 Å². The van der Waals surface area contributed by atoms with E-state index in [1.165, 1.54) is 27.6 Å². The third kappa shape index (κ3) is 3.40. The molecule has 7 heteroatoms. The molecule has 5 aromatic rings. The maximum atomic E-state index is 4.72. The molecule has 3 aromatic heterocycles. The average molecular weight is 476 g/mol. The zero-order chi connectivity index (χ0) is 20.7. The molecule has 0 aliphatic heterocycles. The summed E-state index contributed by atoms with van der Waals surface area (Å²) in [5.74, 6) is 0. The number of aryl methyl sites for hydroxylation is 2. The highest BCUT2D eigenvalue weighted by Crippen LogP contribution is 2.30. The number of para-hydroxylation sites is 1. The fourth-order valence-electron chi connectivity index (χ4n) is 3.73. The molecule has 0 spiro atoms. The van der Waals surface area contributed by atoms with Crippen LogP contribution in [0.3, 0.4) is 0 Å². The number of hydrogen-bond donors (Lipinski definition) is 1. The molecule has 5 nitrogen and oxygen atoms in total. The van der Waals surface area contributed by atoms with Gasteiger partial charge in [-0.15, -0.1) is 11.3 Å². The number of rotatable bonds is 4. The SMILES string of the molecule is Cc1nc(/C=N/Nc2nc(-c3ccc(Br)cc3)cs2)cc2c3ccccc3n(C)c12. The number of pyridine rings is 1. The van der Waals surface area contributed by atoms with E-state index in [1.54, 1.807) is 6.21 Å². The predicted octanol–water partition coefficient (Wildman–Crippen LogP) is 6.37. The fraction of sp³-hybridized carbons (Fsp3) is 0.0870. The summed E-state index contributed by atoms with van der Waals surface area (Å²) in [5.41, 5.74) is 9.18. The van der Waals surface area contributed by atoms with Crippen LogP contribution in [0, 0.1) is 6.92 Å². The number of anilines is 1. The van der Waals surface area contributed by atoms with Gasteiger partial charge in [-0.2, -0.15) is 5.10 Å². The Morgan fingerprint density at radius 3 is 2.70 bits per heavy atom. The first kappa shape index (κ1) is 19.0. The van der Waals surface area contributed by atoms with E-state index in [0.717, 1.165) is 37.8 Å². The van der Waals surface area contributed by atoms with Gasteiger partial charge >= 0.3 is 0 Å². The lowest BCUT2D eigenvalue weighted by Gasteiger charge is -2.02. The fourth-order valence-corrected chi connectivity index (χ4v) is 4.66. The van der Waals surface area contributed by atoms with Gasteiger partial charge in [0.15, 0.2) is 0 Å². The molecule has 3 heterocycles. The van der Waals surface area contributed by atoms with Gasteiger partial charge in [0.1, 0.15) is 0 Å². The number of nitrogens with one attached hydrogen (secondary N) is 1. The van der Waals surface area contributed by atoms with Crippen molar-refractivity contribution in [2.24, 2.45) is 12.1 Å². The van der Waals surface area contributed by atoms with Crippen molar-refractivity contribution in [3.05, 3.63) is 75.8 Å². The minimum Gasteiger partial charge on any atom is -0.342 e. The second-order valence-corrected chi connectivity index (χ2v) is 8.79. The molecule has 0 fully saturated rings. The third-order valence-electron chi connectivity index (χ3n) is 5.08. The minimum atomic E-state index is 0.743. The van der Waals surface area contributed by atoms with Crippen molar-refractivity contribution in [2.75, 3.05) is 5.43 Å². The van der Waals surface area contributed by atoms with E-state index >= 15 is 0 Å². The second-order valence-electron chi connectivity index (χ2n) is 7.02. The van der Waals surface area contributed by atoms with Crippen molar-refractivity contribution >= 4 is 60.4 Å². The molecule has 0 unspecified atom stereocenters. The molecule has 0 aliphatic carbocycles. The summed E-state index contributed by atoms with van der Waals surface area (Å²) in [7, 11) is 2.08. The van der Waals surface area contributed by atoms with Gasteiger partial charge in [0.2, 0.25) is 5.13 Å². The van der Waals surface area contributed by atoms with E-state index in [-0.39, 0.29) is 0 Å². The van der Waals surface area contributed by atoms with Crippen LogP contribution in [0.1, 0.15) is 11.4 Å². The van der Waals surface area contributed by atoms with Gasteiger partial charge in [-0.05, 0) is 31.2 Å². The van der Waals surface area contributed by atoms with E-state index in [1.807, 2.05) is 36.6 Å². The van der Waals surface area contributed by atoms with Crippen LogP contribution in [0.25, 0.3) is 33.1 Å². The maximum absolute atomic E-state index is 4.72. The van der Waals surface area contributed by atoms with Gasteiger partial charge in [-0.3, -0.25) is 5.43 Å². The van der Waals surface area contributed by atoms with Crippen LogP contribution >= 0.6 is 27.3 Å². The normalized spacial score (nSPS) is 11.7. The first-order chi connectivity index (χ1) is 14.6. The standard InChI is InChI=1S/C23H18BrN5S/c1-14-22-19(18-5-3-4-6-21(18)29(22)2)11-17(26-14)12-25-28-23-27-20(13-30-23)15-7-9-16(24)10-8-15/h3-13H,1-2H3,(H,27,28)/b25-12+. The number of hydrogen-bond acceptors (Lipinski definition) is 5. The number of nitrogens with zero attached hydrogens (tertiary/aromatic N) is 4. The Kier molecular flexibility index (Phi) is 4.84. The number of fused-ring (bicyclic) bond motifs is 3. The summed E-state index contributed by atoms with van der Waals surface area (Å²) in [6.45, 7) is 2.04. The van der Waals surface area contributed by atoms with Crippen molar-refractivity contribution in [1.82, 2.24) is 14.5 Å². The van der Waals surface area contributed by atoms with Crippen molar-refractivity contribution in [2.45, 2.75) is 6.92 Å². The highest BCUT2D eigenvalue weighted by molar-refractivity contribution is 9.10. The summed E-state index contributed by atoms with van der Waals surface area (Å²) in [6.07, 6.45) is 1.74. The van der Waals surface area contributed by atoms with Crippen molar-refractivity contribution in [3.8, 4) is 11.3 Å². The van der Waals surface area contributed by atoms with Crippen LogP contribution in [-0.2, 0) is 7.05 Å². The lowest BCUT2D eigenvalue weighted by Crippen LogP contribution is -1.97. The van der Waals surface area contributed by atoms with Crippen LogP contribution in [0.5, 0.6) is 0 Å². The first-order valence-corrected chi connectivity index (χ1v) is 11.1. The zero-order valence-electron chi connectivity index (χ0n) is 16.4. The summed E-state index contributed by atoms with van der Waals surface area (Å²) >= 11 is 4.98. The number of hydrazone groups is 1. The molecule has 2 aromatic carbocycles. The number of aromatic nitrogens is 3. The largest absolute Gasteiger partial charge is 0.342 e. The number of benzene rings is 2. The summed E-state index contributed by atoms with van der Waals surface area (Å²) in [4.78, 5) is 9.33.